The van der Waals surface area contributed by atoms with Crippen LogP contribution in [0.5, 0.6) is 0 Å². The van der Waals surface area contributed by atoms with E-state index in [9.17, 15) is 4.79 Å². The number of nitrogens with one attached hydrogen (secondary N) is 1. The summed E-state index contributed by atoms with van der Waals surface area (Å²) in [5.74, 6) is 2.80. The van der Waals surface area contributed by atoms with E-state index in [0.717, 1.165) is 81.2 Å². The maximum absolute atomic E-state index is 12.5. The third-order valence-corrected chi connectivity index (χ3v) is 6.46. The van der Waals surface area contributed by atoms with Gasteiger partial charge in [-0.1, -0.05) is 25.4 Å². The number of morpholine rings is 1. The molecule has 1 aromatic carbocycles. The van der Waals surface area contributed by atoms with Crippen LogP contribution in [0.3, 0.4) is 0 Å². The van der Waals surface area contributed by atoms with Gasteiger partial charge in [0.05, 0.1) is 18.7 Å². The zero-order chi connectivity index (χ0) is 23.2. The smallest absolute Gasteiger partial charge is 0.221 e. The molecule has 1 aromatic heterocycles. The van der Waals surface area contributed by atoms with Crippen LogP contribution < -0.4 is 10.2 Å². The number of ether oxygens (including phenoxy) is 1. The number of nitrogens with zero attached hydrogens (tertiary/aromatic N) is 4. The summed E-state index contributed by atoms with van der Waals surface area (Å²) in [6.45, 7) is 11.0. The van der Waals surface area contributed by atoms with Crippen LogP contribution in [0.1, 0.15) is 51.3 Å². The van der Waals surface area contributed by atoms with Crippen LogP contribution in [0.4, 0.5) is 5.82 Å². The average molecular weight is 474 g/mol. The van der Waals surface area contributed by atoms with Crippen LogP contribution in [0.2, 0.25) is 5.02 Å². The first-order valence-electron chi connectivity index (χ1n) is 12.3. The standard InChI is InChI=1S/C25H36ClN5O2/c1-18(2)17-27-23(32)8-11-31(10-3-9-30-12-14-33-15-13-30)25-21-7-6-20(26)16-22(21)28-24(29-25)19-4-5-19/h6-7,16,18-19H,3-5,8-15,17H2,1-2H3,(H,27,32). The van der Waals surface area contributed by atoms with E-state index in [0.29, 0.717) is 36.4 Å². The highest BCUT2D eigenvalue weighted by Crippen LogP contribution is 2.40. The van der Waals surface area contributed by atoms with Crippen molar-refractivity contribution < 1.29 is 9.53 Å². The summed E-state index contributed by atoms with van der Waals surface area (Å²) in [7, 11) is 0. The Morgan fingerprint density at radius 1 is 1.24 bits per heavy atom. The van der Waals surface area contributed by atoms with Gasteiger partial charge in [-0.15, -0.1) is 0 Å². The molecule has 180 valence electrons. The van der Waals surface area contributed by atoms with Crippen molar-refractivity contribution in [1.29, 1.82) is 0 Å². The fraction of sp³-hybridized carbons (Fsp3) is 0.640. The number of rotatable bonds is 11. The minimum Gasteiger partial charge on any atom is -0.379 e. The monoisotopic (exact) mass is 473 g/mol. The van der Waals surface area contributed by atoms with Crippen LogP contribution in [0, 0.1) is 5.92 Å². The van der Waals surface area contributed by atoms with E-state index in [1.807, 2.05) is 18.2 Å². The van der Waals surface area contributed by atoms with Gasteiger partial charge in [0.1, 0.15) is 11.6 Å². The number of carbonyl (C=O) groups excluding carboxylic acids is 1. The van der Waals surface area contributed by atoms with Gasteiger partial charge in [-0.05, 0) is 43.4 Å². The van der Waals surface area contributed by atoms with Crippen molar-refractivity contribution in [2.45, 2.75) is 45.4 Å². The van der Waals surface area contributed by atoms with Gasteiger partial charge >= 0.3 is 0 Å². The van der Waals surface area contributed by atoms with Crippen molar-refractivity contribution in [1.82, 2.24) is 20.2 Å². The van der Waals surface area contributed by atoms with Crippen molar-refractivity contribution >= 4 is 34.2 Å². The number of anilines is 1. The van der Waals surface area contributed by atoms with Gasteiger partial charge in [0.2, 0.25) is 5.91 Å². The molecule has 1 saturated heterocycles. The van der Waals surface area contributed by atoms with Gasteiger partial charge in [0.25, 0.3) is 0 Å². The van der Waals surface area contributed by atoms with Gasteiger partial charge in [0, 0.05) is 62.0 Å². The molecule has 1 N–H and O–H groups in total. The molecule has 2 fully saturated rings. The van der Waals surface area contributed by atoms with Crippen LogP contribution >= 0.6 is 11.6 Å². The topological polar surface area (TPSA) is 70.6 Å². The van der Waals surface area contributed by atoms with E-state index in [2.05, 4.69) is 29.0 Å². The second-order valence-electron chi connectivity index (χ2n) is 9.58. The molecule has 0 atom stereocenters. The quantitative estimate of drug-likeness (QED) is 0.534. The molecule has 4 rings (SSSR count). The summed E-state index contributed by atoms with van der Waals surface area (Å²) in [6.07, 6.45) is 3.73. The first kappa shape index (κ1) is 24.2. The molecule has 0 bridgehead atoms. The number of carbonyl (C=O) groups is 1. The third kappa shape index (κ3) is 7.01. The summed E-state index contributed by atoms with van der Waals surface area (Å²) < 4.78 is 5.48. The number of hydrogen-bond donors (Lipinski definition) is 1. The second-order valence-corrected chi connectivity index (χ2v) is 10.0. The Balaban J connectivity index is 1.53. The number of hydrogen-bond acceptors (Lipinski definition) is 6. The lowest BCUT2D eigenvalue weighted by molar-refractivity contribution is -0.121. The Kier molecular flexibility index (Phi) is 8.39. The lowest BCUT2D eigenvalue weighted by atomic mass is 10.2. The van der Waals surface area contributed by atoms with Crippen LogP contribution in [0.15, 0.2) is 18.2 Å². The number of benzene rings is 1. The SMILES string of the molecule is CC(C)CNC(=O)CCN(CCCN1CCOCC1)c1nc(C2CC2)nc2cc(Cl)ccc12. The van der Waals surface area contributed by atoms with Crippen LogP contribution in [-0.4, -0.2) is 73.3 Å². The summed E-state index contributed by atoms with van der Waals surface area (Å²) >= 11 is 6.29. The molecule has 8 heteroatoms. The zero-order valence-corrected chi connectivity index (χ0v) is 20.6. The Labute approximate surface area is 201 Å². The van der Waals surface area contributed by atoms with E-state index < -0.39 is 0 Å². The molecular formula is C25H36ClN5O2. The molecule has 33 heavy (non-hydrogen) atoms. The van der Waals surface area contributed by atoms with Crippen molar-refractivity contribution in [2.24, 2.45) is 5.92 Å². The fourth-order valence-corrected chi connectivity index (χ4v) is 4.31. The summed E-state index contributed by atoms with van der Waals surface area (Å²) in [5, 5.41) is 4.72. The predicted molar refractivity (Wildman–Crippen MR) is 133 cm³/mol. The Hall–Kier alpha value is -1.96. The van der Waals surface area contributed by atoms with E-state index >= 15 is 0 Å². The van der Waals surface area contributed by atoms with Gasteiger partial charge in [-0.3, -0.25) is 9.69 Å². The molecule has 0 unspecified atom stereocenters. The Morgan fingerprint density at radius 3 is 2.76 bits per heavy atom. The van der Waals surface area contributed by atoms with E-state index in [1.54, 1.807) is 0 Å². The highest BCUT2D eigenvalue weighted by atomic mass is 35.5. The molecule has 0 radical (unpaired) electrons. The Bertz CT molecular complexity index is 944. The van der Waals surface area contributed by atoms with Crippen molar-refractivity contribution in [3.8, 4) is 0 Å². The molecule has 2 aromatic rings. The van der Waals surface area contributed by atoms with Crippen LogP contribution in [0.25, 0.3) is 10.9 Å². The van der Waals surface area contributed by atoms with Crippen molar-refractivity contribution in [2.75, 3.05) is 57.4 Å². The third-order valence-electron chi connectivity index (χ3n) is 6.22. The Morgan fingerprint density at radius 2 is 2.03 bits per heavy atom. The maximum atomic E-state index is 12.5. The highest BCUT2D eigenvalue weighted by Gasteiger charge is 2.28. The van der Waals surface area contributed by atoms with Crippen LogP contribution in [-0.2, 0) is 9.53 Å². The molecule has 2 heterocycles. The first-order chi connectivity index (χ1) is 16.0. The summed E-state index contributed by atoms with van der Waals surface area (Å²) in [4.78, 5) is 27.0. The predicted octanol–water partition coefficient (Wildman–Crippen LogP) is 3.85. The number of fused-ring (bicyclic) bond motifs is 1. The zero-order valence-electron chi connectivity index (χ0n) is 19.9. The molecule has 1 saturated carbocycles. The first-order valence-corrected chi connectivity index (χ1v) is 12.7. The van der Waals surface area contributed by atoms with Gasteiger partial charge in [-0.2, -0.15) is 0 Å². The normalized spacial score (nSPS) is 17.0. The lowest BCUT2D eigenvalue weighted by Gasteiger charge is -2.29. The molecule has 1 aliphatic carbocycles. The van der Waals surface area contributed by atoms with Gasteiger partial charge in [-0.25, -0.2) is 9.97 Å². The molecule has 1 aliphatic heterocycles. The molecule has 1 amide bonds. The number of aromatic nitrogens is 2. The molecule has 0 spiro atoms. The number of halogens is 1. The average Bonchev–Trinajstić information content (AvgIpc) is 3.65. The fourth-order valence-electron chi connectivity index (χ4n) is 4.15. The minimum absolute atomic E-state index is 0.0886. The second kappa shape index (κ2) is 11.4. The molecule has 7 nitrogen and oxygen atoms in total. The minimum atomic E-state index is 0.0886. The van der Waals surface area contributed by atoms with E-state index in [-0.39, 0.29) is 5.91 Å². The summed E-state index contributed by atoms with van der Waals surface area (Å²) in [6, 6.07) is 5.83. The highest BCUT2D eigenvalue weighted by molar-refractivity contribution is 6.31. The maximum Gasteiger partial charge on any atom is 0.221 e. The number of amides is 1. The van der Waals surface area contributed by atoms with Gasteiger partial charge < -0.3 is 15.0 Å². The van der Waals surface area contributed by atoms with Crippen molar-refractivity contribution in [3.05, 3.63) is 29.0 Å². The molecule has 2 aliphatic rings. The van der Waals surface area contributed by atoms with Gasteiger partial charge in [0.15, 0.2) is 0 Å². The largest absolute Gasteiger partial charge is 0.379 e. The molecular weight excluding hydrogens is 438 g/mol. The van der Waals surface area contributed by atoms with Crippen molar-refractivity contribution in [3.63, 3.8) is 0 Å². The van der Waals surface area contributed by atoms with E-state index in [4.69, 9.17) is 26.3 Å². The summed E-state index contributed by atoms with van der Waals surface area (Å²) in [5.41, 5.74) is 0.886. The lowest BCUT2D eigenvalue weighted by Crippen LogP contribution is -2.39. The van der Waals surface area contributed by atoms with E-state index in [1.165, 1.54) is 0 Å².